The number of nitrogens with one attached hydrogen (secondary N) is 2. The van der Waals surface area contributed by atoms with Gasteiger partial charge in [0.1, 0.15) is 5.82 Å². The Kier molecular flexibility index (Phi) is 6.93. The Morgan fingerprint density at radius 3 is 2.50 bits per heavy atom. The van der Waals surface area contributed by atoms with Crippen LogP contribution in [0.25, 0.3) is 0 Å². The van der Waals surface area contributed by atoms with Crippen LogP contribution in [0.15, 0.2) is 48.5 Å². The van der Waals surface area contributed by atoms with Crippen molar-refractivity contribution in [1.82, 2.24) is 10.2 Å². The van der Waals surface area contributed by atoms with Crippen molar-refractivity contribution in [2.75, 3.05) is 36.4 Å². The normalized spacial score (nSPS) is 19.5. The van der Waals surface area contributed by atoms with Crippen LogP contribution in [0.2, 0.25) is 0 Å². The molecule has 3 amide bonds. The number of nitrogens with zero attached hydrogens (tertiary/aromatic N) is 2. The molecule has 0 bridgehead atoms. The van der Waals surface area contributed by atoms with Gasteiger partial charge in [-0.15, -0.1) is 0 Å². The van der Waals surface area contributed by atoms with E-state index >= 15 is 0 Å². The number of aryl methyl sites for hydroxylation is 1. The second kappa shape index (κ2) is 10.0. The second-order valence-corrected chi connectivity index (χ2v) is 8.81. The van der Waals surface area contributed by atoms with Crippen LogP contribution in [0.3, 0.4) is 0 Å². The highest BCUT2D eigenvalue weighted by Crippen LogP contribution is 2.25. The van der Waals surface area contributed by atoms with E-state index in [0.29, 0.717) is 38.2 Å². The van der Waals surface area contributed by atoms with Gasteiger partial charge in [-0.25, -0.2) is 9.18 Å². The van der Waals surface area contributed by atoms with Crippen molar-refractivity contribution in [2.45, 2.75) is 38.6 Å². The third-order valence-corrected chi connectivity index (χ3v) is 6.39. The molecule has 32 heavy (non-hydrogen) atoms. The van der Waals surface area contributed by atoms with Crippen LogP contribution >= 0.6 is 0 Å². The number of para-hydroxylation sites is 1. The fourth-order valence-corrected chi connectivity index (χ4v) is 4.56. The molecule has 0 saturated carbocycles. The van der Waals surface area contributed by atoms with Gasteiger partial charge in [-0.05, 0) is 62.4 Å². The number of anilines is 2. The number of rotatable bonds is 4. The number of carbonyl (C=O) groups excluding carboxylic acids is 2. The predicted octanol–water partition coefficient (Wildman–Crippen LogP) is 4.16. The van der Waals surface area contributed by atoms with Gasteiger partial charge in [0.05, 0.1) is 5.69 Å². The quantitative estimate of drug-likeness (QED) is 0.753. The Balaban J connectivity index is 1.26. The number of likely N-dealkylation sites (tertiary alicyclic amines) is 1. The maximum atomic E-state index is 14.3. The molecule has 2 aliphatic rings. The van der Waals surface area contributed by atoms with E-state index in [9.17, 15) is 14.0 Å². The summed E-state index contributed by atoms with van der Waals surface area (Å²) in [5.41, 5.74) is 2.42. The summed E-state index contributed by atoms with van der Waals surface area (Å²) in [6, 6.07) is 14.5. The fraction of sp³-hybridized carbons (Fsp3) is 0.440. The molecule has 2 saturated heterocycles. The summed E-state index contributed by atoms with van der Waals surface area (Å²) in [4.78, 5) is 29.2. The van der Waals surface area contributed by atoms with E-state index < -0.39 is 0 Å². The van der Waals surface area contributed by atoms with Crippen LogP contribution in [0, 0.1) is 18.7 Å². The van der Waals surface area contributed by atoms with E-state index in [4.69, 9.17) is 0 Å². The zero-order valence-corrected chi connectivity index (χ0v) is 18.5. The molecule has 4 rings (SSSR count). The van der Waals surface area contributed by atoms with E-state index in [2.05, 4.69) is 10.6 Å². The number of benzene rings is 2. The lowest BCUT2D eigenvalue weighted by atomic mass is 9.96. The van der Waals surface area contributed by atoms with Crippen LogP contribution < -0.4 is 15.5 Å². The van der Waals surface area contributed by atoms with E-state index in [1.807, 2.05) is 48.2 Å². The number of carbonyl (C=O) groups is 2. The summed E-state index contributed by atoms with van der Waals surface area (Å²) in [6.07, 6.45) is 3.08. The Morgan fingerprint density at radius 2 is 1.75 bits per heavy atom. The fourth-order valence-electron chi connectivity index (χ4n) is 4.56. The van der Waals surface area contributed by atoms with Crippen molar-refractivity contribution in [3.8, 4) is 0 Å². The summed E-state index contributed by atoms with van der Waals surface area (Å²) < 4.78 is 14.3. The summed E-state index contributed by atoms with van der Waals surface area (Å²) in [5.74, 6) is -0.300. The van der Waals surface area contributed by atoms with Crippen molar-refractivity contribution in [2.24, 2.45) is 5.92 Å². The van der Waals surface area contributed by atoms with Gasteiger partial charge in [-0.2, -0.15) is 0 Å². The van der Waals surface area contributed by atoms with E-state index in [1.165, 1.54) is 6.07 Å². The minimum Gasteiger partial charge on any atom is -0.367 e. The number of halogens is 1. The Hall–Kier alpha value is -3.09. The van der Waals surface area contributed by atoms with Crippen LogP contribution in [0.5, 0.6) is 0 Å². The Bertz CT molecular complexity index is 944. The molecule has 1 atom stereocenters. The molecule has 2 aliphatic heterocycles. The first-order chi connectivity index (χ1) is 15.5. The highest BCUT2D eigenvalue weighted by Gasteiger charge is 2.29. The standard InChI is InChI=1S/C25H31FN4O2/c1-18-9-10-22(26)23(16-18)30-13-5-8-21(17-30)28-25(32)29-14-11-19(12-15-29)24(31)27-20-6-3-2-4-7-20/h2-4,6-7,9-10,16,19,21H,5,8,11-15,17H2,1H3,(H,27,31)(H,28,32). The monoisotopic (exact) mass is 438 g/mol. The molecule has 1 unspecified atom stereocenters. The van der Waals surface area contributed by atoms with Crippen LogP contribution in [0.1, 0.15) is 31.2 Å². The van der Waals surface area contributed by atoms with Gasteiger partial charge < -0.3 is 20.4 Å². The smallest absolute Gasteiger partial charge is 0.317 e. The predicted molar refractivity (Wildman–Crippen MR) is 124 cm³/mol. The highest BCUT2D eigenvalue weighted by molar-refractivity contribution is 5.92. The average Bonchev–Trinajstić information content (AvgIpc) is 2.81. The lowest BCUT2D eigenvalue weighted by Crippen LogP contribution is -2.53. The Labute approximate surface area is 188 Å². The van der Waals surface area contributed by atoms with E-state index in [0.717, 1.165) is 30.6 Å². The molecule has 0 aliphatic carbocycles. The third kappa shape index (κ3) is 5.39. The largest absolute Gasteiger partial charge is 0.367 e. The zero-order chi connectivity index (χ0) is 22.5. The lowest BCUT2D eigenvalue weighted by molar-refractivity contribution is -0.121. The maximum Gasteiger partial charge on any atom is 0.317 e. The number of hydrogen-bond donors (Lipinski definition) is 2. The molecule has 2 aromatic carbocycles. The molecule has 6 nitrogen and oxygen atoms in total. The molecule has 0 aromatic heterocycles. The topological polar surface area (TPSA) is 64.7 Å². The van der Waals surface area contributed by atoms with Crippen molar-refractivity contribution in [3.63, 3.8) is 0 Å². The van der Waals surface area contributed by atoms with Crippen molar-refractivity contribution >= 4 is 23.3 Å². The number of hydrogen-bond acceptors (Lipinski definition) is 3. The average molecular weight is 439 g/mol. The van der Waals surface area contributed by atoms with Crippen molar-refractivity contribution in [3.05, 3.63) is 59.9 Å². The third-order valence-electron chi connectivity index (χ3n) is 6.39. The summed E-state index contributed by atoms with van der Waals surface area (Å²) in [6.45, 7) is 4.45. The molecule has 170 valence electrons. The highest BCUT2D eigenvalue weighted by atomic mass is 19.1. The molecule has 2 fully saturated rings. The molecule has 0 radical (unpaired) electrons. The molecule has 0 spiro atoms. The molecular weight excluding hydrogens is 407 g/mol. The van der Waals surface area contributed by atoms with E-state index in [-0.39, 0.29) is 29.7 Å². The first-order valence-electron chi connectivity index (χ1n) is 11.4. The van der Waals surface area contributed by atoms with Gasteiger partial charge >= 0.3 is 6.03 Å². The van der Waals surface area contributed by atoms with Gasteiger partial charge in [0.15, 0.2) is 0 Å². The first-order valence-corrected chi connectivity index (χ1v) is 11.4. The molecular formula is C25H31FN4O2. The summed E-state index contributed by atoms with van der Waals surface area (Å²) in [7, 11) is 0. The number of piperidine rings is 2. The number of urea groups is 1. The van der Waals surface area contributed by atoms with Crippen LogP contribution in [-0.2, 0) is 4.79 Å². The number of amides is 3. The van der Waals surface area contributed by atoms with Crippen molar-refractivity contribution in [1.29, 1.82) is 0 Å². The molecule has 7 heteroatoms. The van der Waals surface area contributed by atoms with Crippen LogP contribution in [0.4, 0.5) is 20.6 Å². The minimum absolute atomic E-state index is 0.0133. The van der Waals surface area contributed by atoms with Gasteiger partial charge in [0.25, 0.3) is 0 Å². The van der Waals surface area contributed by atoms with Crippen LogP contribution in [-0.4, -0.2) is 49.1 Å². The SMILES string of the molecule is Cc1ccc(F)c(N2CCCC(NC(=O)N3CCC(C(=O)Nc4ccccc4)CC3)C2)c1. The zero-order valence-electron chi connectivity index (χ0n) is 18.5. The van der Waals surface area contributed by atoms with Crippen molar-refractivity contribution < 1.29 is 14.0 Å². The molecule has 2 aromatic rings. The summed E-state index contributed by atoms with van der Waals surface area (Å²) in [5, 5.41) is 6.08. The first kappa shape index (κ1) is 22.1. The van der Waals surface area contributed by atoms with Gasteiger partial charge in [-0.3, -0.25) is 4.79 Å². The summed E-state index contributed by atoms with van der Waals surface area (Å²) >= 11 is 0. The van der Waals surface area contributed by atoms with Gasteiger partial charge in [0, 0.05) is 43.8 Å². The van der Waals surface area contributed by atoms with Gasteiger partial charge in [-0.1, -0.05) is 24.3 Å². The molecule has 2 heterocycles. The van der Waals surface area contributed by atoms with E-state index in [1.54, 1.807) is 11.0 Å². The maximum absolute atomic E-state index is 14.3. The van der Waals surface area contributed by atoms with Gasteiger partial charge in [0.2, 0.25) is 5.91 Å². The second-order valence-electron chi connectivity index (χ2n) is 8.81. The molecule has 2 N–H and O–H groups in total. The Morgan fingerprint density at radius 1 is 1.00 bits per heavy atom. The minimum atomic E-state index is -0.224. The lowest BCUT2D eigenvalue weighted by Gasteiger charge is -2.37.